The summed E-state index contributed by atoms with van der Waals surface area (Å²) < 4.78 is 0. The van der Waals surface area contributed by atoms with Gasteiger partial charge in [0, 0.05) is 17.9 Å². The molecule has 0 aliphatic carbocycles. The second-order valence-corrected chi connectivity index (χ2v) is 4.38. The molecular formula is C12H18N2. The molecule has 0 amide bonds. The van der Waals surface area contributed by atoms with Gasteiger partial charge in [0.25, 0.3) is 0 Å². The van der Waals surface area contributed by atoms with E-state index in [-0.39, 0.29) is 0 Å². The Balaban J connectivity index is 2.05. The summed E-state index contributed by atoms with van der Waals surface area (Å²) >= 11 is 0. The summed E-state index contributed by atoms with van der Waals surface area (Å²) in [5, 5.41) is 3.56. The number of nitrogens with one attached hydrogen (secondary N) is 1. The molecule has 1 aromatic heterocycles. The van der Waals surface area contributed by atoms with E-state index in [2.05, 4.69) is 29.4 Å². The average molecular weight is 190 g/mol. The lowest BCUT2D eigenvalue weighted by Gasteiger charge is -2.27. The molecule has 0 saturated carbocycles. The Labute approximate surface area is 85.7 Å². The summed E-state index contributed by atoms with van der Waals surface area (Å²) in [5.74, 6) is 0.824. The fourth-order valence-electron chi connectivity index (χ4n) is 1.97. The maximum absolute atomic E-state index is 4.33. The molecule has 2 unspecified atom stereocenters. The Morgan fingerprint density at radius 2 is 2.21 bits per heavy atom. The van der Waals surface area contributed by atoms with Crippen molar-refractivity contribution in [2.75, 3.05) is 6.54 Å². The van der Waals surface area contributed by atoms with Crippen molar-refractivity contribution in [3.63, 3.8) is 0 Å². The summed E-state index contributed by atoms with van der Waals surface area (Å²) in [6.07, 6.45) is 4.57. The minimum atomic E-state index is 0.527. The zero-order chi connectivity index (χ0) is 9.97. The van der Waals surface area contributed by atoms with Crippen molar-refractivity contribution in [1.82, 2.24) is 10.3 Å². The quantitative estimate of drug-likeness (QED) is 0.735. The molecule has 0 spiro atoms. The van der Waals surface area contributed by atoms with Crippen LogP contribution in [0, 0.1) is 12.8 Å². The highest BCUT2D eigenvalue weighted by Crippen LogP contribution is 2.24. The smallest absolute Gasteiger partial charge is 0.0372 e. The third-order valence-corrected chi connectivity index (χ3v) is 3.00. The lowest BCUT2D eigenvalue weighted by molar-refractivity contribution is 0.332. The first-order valence-corrected chi connectivity index (χ1v) is 5.41. The number of piperidine rings is 1. The van der Waals surface area contributed by atoms with Gasteiger partial charge in [0.2, 0.25) is 0 Å². The maximum atomic E-state index is 4.33. The summed E-state index contributed by atoms with van der Waals surface area (Å²) in [6, 6.07) is 4.81. The van der Waals surface area contributed by atoms with Crippen LogP contribution in [0.2, 0.25) is 0 Å². The van der Waals surface area contributed by atoms with E-state index < -0.39 is 0 Å². The van der Waals surface area contributed by atoms with Crippen molar-refractivity contribution in [3.8, 4) is 0 Å². The van der Waals surface area contributed by atoms with Crippen molar-refractivity contribution in [2.45, 2.75) is 32.7 Å². The number of hydrogen-bond acceptors (Lipinski definition) is 2. The molecule has 0 radical (unpaired) electrons. The van der Waals surface area contributed by atoms with Crippen molar-refractivity contribution in [3.05, 3.63) is 29.6 Å². The largest absolute Gasteiger partial charge is 0.310 e. The number of rotatable bonds is 1. The first-order chi connectivity index (χ1) is 6.75. The predicted molar refractivity (Wildman–Crippen MR) is 58.1 cm³/mol. The summed E-state index contributed by atoms with van der Waals surface area (Å²) in [6.45, 7) is 5.47. The fraction of sp³-hybridized carbons (Fsp3) is 0.583. The monoisotopic (exact) mass is 190 g/mol. The lowest BCUT2D eigenvalue weighted by atomic mass is 9.93. The zero-order valence-electron chi connectivity index (χ0n) is 8.96. The predicted octanol–water partition coefficient (Wildman–Crippen LogP) is 2.45. The second-order valence-electron chi connectivity index (χ2n) is 4.38. The van der Waals surface area contributed by atoms with Crippen LogP contribution in [0.1, 0.15) is 37.1 Å². The lowest BCUT2D eigenvalue weighted by Crippen LogP contribution is -2.31. The molecule has 1 aliphatic heterocycles. The van der Waals surface area contributed by atoms with E-state index >= 15 is 0 Å². The Bertz CT molecular complexity index is 284. The zero-order valence-corrected chi connectivity index (χ0v) is 8.96. The van der Waals surface area contributed by atoms with Gasteiger partial charge in [-0.2, -0.15) is 0 Å². The molecule has 14 heavy (non-hydrogen) atoms. The van der Waals surface area contributed by atoms with Gasteiger partial charge in [0.1, 0.15) is 0 Å². The van der Waals surface area contributed by atoms with Gasteiger partial charge >= 0.3 is 0 Å². The van der Waals surface area contributed by atoms with E-state index in [4.69, 9.17) is 0 Å². The molecule has 1 aromatic rings. The Morgan fingerprint density at radius 3 is 2.79 bits per heavy atom. The maximum Gasteiger partial charge on any atom is 0.0372 e. The van der Waals surface area contributed by atoms with Crippen LogP contribution in [0.4, 0.5) is 0 Å². The second kappa shape index (κ2) is 4.09. The molecule has 1 fully saturated rings. The van der Waals surface area contributed by atoms with E-state index in [1.165, 1.54) is 18.4 Å². The molecule has 2 heteroatoms. The molecule has 1 aliphatic rings. The summed E-state index contributed by atoms with van der Waals surface area (Å²) in [4.78, 5) is 4.33. The van der Waals surface area contributed by atoms with Crippen LogP contribution in [0.15, 0.2) is 18.3 Å². The third kappa shape index (κ3) is 2.13. The topological polar surface area (TPSA) is 24.9 Å². The van der Waals surface area contributed by atoms with E-state index in [9.17, 15) is 0 Å². The van der Waals surface area contributed by atoms with Crippen LogP contribution in [-0.2, 0) is 0 Å². The highest BCUT2D eigenvalue weighted by molar-refractivity contribution is 5.17. The van der Waals surface area contributed by atoms with Gasteiger partial charge in [-0.3, -0.25) is 4.98 Å². The molecule has 2 rings (SSSR count). The van der Waals surface area contributed by atoms with Crippen molar-refractivity contribution >= 4 is 0 Å². The van der Waals surface area contributed by atoms with Crippen LogP contribution in [0.25, 0.3) is 0 Å². The van der Waals surface area contributed by atoms with E-state index in [1.807, 2.05) is 13.1 Å². The number of aryl methyl sites for hydroxylation is 1. The molecule has 2 atom stereocenters. The fourth-order valence-corrected chi connectivity index (χ4v) is 1.97. The van der Waals surface area contributed by atoms with Gasteiger partial charge in [-0.05, 0) is 43.9 Å². The minimum absolute atomic E-state index is 0.527. The average Bonchev–Trinajstić information content (AvgIpc) is 2.21. The van der Waals surface area contributed by atoms with Crippen molar-refractivity contribution < 1.29 is 0 Å². The van der Waals surface area contributed by atoms with Gasteiger partial charge in [0.05, 0.1) is 0 Å². The molecular weight excluding hydrogens is 172 g/mol. The van der Waals surface area contributed by atoms with Crippen molar-refractivity contribution in [1.29, 1.82) is 0 Å². The Kier molecular flexibility index (Phi) is 2.82. The number of pyridine rings is 1. The molecule has 1 N–H and O–H groups in total. The van der Waals surface area contributed by atoms with Gasteiger partial charge in [-0.15, -0.1) is 0 Å². The standard InChI is InChI=1S/C12H18N2/c1-9-3-6-12(14-7-9)11-5-4-10(2)13-8-11/h4-5,8-9,12,14H,3,6-7H2,1-2H3. The highest BCUT2D eigenvalue weighted by Gasteiger charge is 2.18. The molecule has 0 bridgehead atoms. The van der Waals surface area contributed by atoms with Crippen LogP contribution in [-0.4, -0.2) is 11.5 Å². The van der Waals surface area contributed by atoms with Gasteiger partial charge in [-0.25, -0.2) is 0 Å². The van der Waals surface area contributed by atoms with Gasteiger partial charge in [-0.1, -0.05) is 13.0 Å². The van der Waals surface area contributed by atoms with Crippen LogP contribution in [0.5, 0.6) is 0 Å². The van der Waals surface area contributed by atoms with Crippen LogP contribution in [0.3, 0.4) is 0 Å². The third-order valence-electron chi connectivity index (χ3n) is 3.00. The molecule has 2 heterocycles. The molecule has 76 valence electrons. The number of hydrogen-bond donors (Lipinski definition) is 1. The first-order valence-electron chi connectivity index (χ1n) is 5.41. The number of aromatic nitrogens is 1. The van der Waals surface area contributed by atoms with Crippen LogP contribution < -0.4 is 5.32 Å². The normalized spacial score (nSPS) is 27.6. The molecule has 1 saturated heterocycles. The van der Waals surface area contributed by atoms with E-state index in [1.54, 1.807) is 0 Å². The Morgan fingerprint density at radius 1 is 1.36 bits per heavy atom. The van der Waals surface area contributed by atoms with Crippen molar-refractivity contribution in [2.24, 2.45) is 5.92 Å². The minimum Gasteiger partial charge on any atom is -0.310 e. The molecule has 2 nitrogen and oxygen atoms in total. The SMILES string of the molecule is Cc1ccc(C2CCC(C)CN2)cn1. The van der Waals surface area contributed by atoms with Gasteiger partial charge < -0.3 is 5.32 Å². The summed E-state index contributed by atoms with van der Waals surface area (Å²) in [5.41, 5.74) is 2.43. The van der Waals surface area contributed by atoms with Crippen LogP contribution >= 0.6 is 0 Å². The first kappa shape index (κ1) is 9.66. The van der Waals surface area contributed by atoms with E-state index in [0.29, 0.717) is 6.04 Å². The summed E-state index contributed by atoms with van der Waals surface area (Å²) in [7, 11) is 0. The van der Waals surface area contributed by atoms with E-state index in [0.717, 1.165) is 18.2 Å². The number of nitrogens with zero attached hydrogens (tertiary/aromatic N) is 1. The van der Waals surface area contributed by atoms with Gasteiger partial charge in [0.15, 0.2) is 0 Å². The molecule has 0 aromatic carbocycles. The highest BCUT2D eigenvalue weighted by atomic mass is 14.9. The Hall–Kier alpha value is -0.890.